The van der Waals surface area contributed by atoms with E-state index in [9.17, 15) is 14.7 Å². The van der Waals surface area contributed by atoms with E-state index in [0.29, 0.717) is 0 Å². The molecule has 0 radical (unpaired) electrons. The lowest BCUT2D eigenvalue weighted by Gasteiger charge is -2.48. The number of allylic oxidation sites excluding steroid dienone is 2. The number of hydrogen-bond acceptors (Lipinski definition) is 2. The molecule has 132 valence electrons. The summed E-state index contributed by atoms with van der Waals surface area (Å²) in [4.78, 5) is 22.7. The molecule has 0 saturated heterocycles. The molecular formula is C22H20O4. The Kier molecular flexibility index (Phi) is 5.32. The highest BCUT2D eigenvalue weighted by Gasteiger charge is 2.52. The molecule has 1 saturated carbocycles. The van der Waals surface area contributed by atoms with Crippen molar-refractivity contribution >= 4 is 18.0 Å². The molecular weight excluding hydrogens is 328 g/mol. The Balaban J connectivity index is 1.94. The van der Waals surface area contributed by atoms with Crippen LogP contribution in [0.1, 0.15) is 17.0 Å². The molecule has 1 fully saturated rings. The predicted octanol–water partition coefficient (Wildman–Crippen LogP) is 4.07. The third-order valence-electron chi connectivity index (χ3n) is 4.90. The topological polar surface area (TPSA) is 74.6 Å². The summed E-state index contributed by atoms with van der Waals surface area (Å²) in [5.74, 6) is -3.22. The van der Waals surface area contributed by atoms with E-state index in [-0.39, 0.29) is 17.8 Å². The van der Waals surface area contributed by atoms with Crippen molar-refractivity contribution in [1.29, 1.82) is 0 Å². The van der Waals surface area contributed by atoms with E-state index in [1.165, 1.54) is 6.08 Å². The number of rotatable bonds is 6. The Morgan fingerprint density at radius 2 is 1.38 bits per heavy atom. The van der Waals surface area contributed by atoms with Gasteiger partial charge in [0, 0.05) is 6.08 Å². The summed E-state index contributed by atoms with van der Waals surface area (Å²) in [7, 11) is 0. The van der Waals surface area contributed by atoms with E-state index in [2.05, 4.69) is 0 Å². The molecule has 0 amide bonds. The molecule has 0 aromatic heterocycles. The van der Waals surface area contributed by atoms with E-state index in [1.54, 1.807) is 0 Å². The highest BCUT2D eigenvalue weighted by Crippen LogP contribution is 2.54. The third kappa shape index (κ3) is 3.75. The molecule has 2 N–H and O–H groups in total. The van der Waals surface area contributed by atoms with Crippen molar-refractivity contribution in [2.75, 3.05) is 0 Å². The number of benzene rings is 2. The van der Waals surface area contributed by atoms with Gasteiger partial charge < -0.3 is 10.2 Å². The second-order valence-corrected chi connectivity index (χ2v) is 6.42. The molecule has 1 aliphatic rings. The van der Waals surface area contributed by atoms with Gasteiger partial charge in [-0.25, -0.2) is 4.79 Å². The van der Waals surface area contributed by atoms with E-state index in [1.807, 2.05) is 72.8 Å². The second-order valence-electron chi connectivity index (χ2n) is 6.42. The first-order chi connectivity index (χ1) is 12.6. The van der Waals surface area contributed by atoms with Gasteiger partial charge in [-0.3, -0.25) is 4.79 Å². The summed E-state index contributed by atoms with van der Waals surface area (Å²) < 4.78 is 0. The fourth-order valence-corrected chi connectivity index (χ4v) is 3.72. The van der Waals surface area contributed by atoms with Crippen LogP contribution in [0.4, 0.5) is 0 Å². The fraction of sp³-hybridized carbons (Fsp3) is 0.182. The maximum absolute atomic E-state index is 11.8. The quantitative estimate of drug-likeness (QED) is 0.772. The predicted molar refractivity (Wildman–Crippen MR) is 99.5 cm³/mol. The van der Waals surface area contributed by atoms with Gasteiger partial charge in [0.15, 0.2) is 0 Å². The minimum Gasteiger partial charge on any atom is -0.481 e. The smallest absolute Gasteiger partial charge is 0.327 e. The van der Waals surface area contributed by atoms with E-state index in [0.717, 1.165) is 17.2 Å². The summed E-state index contributed by atoms with van der Waals surface area (Å²) in [5.41, 5.74) is 2.03. The van der Waals surface area contributed by atoms with Crippen LogP contribution in [0.15, 0.2) is 78.9 Å². The van der Waals surface area contributed by atoms with Crippen LogP contribution in [-0.4, -0.2) is 22.2 Å². The fourth-order valence-electron chi connectivity index (χ4n) is 3.72. The number of hydrogen-bond donors (Lipinski definition) is 2. The lowest BCUT2D eigenvalue weighted by molar-refractivity contribution is -0.150. The zero-order chi connectivity index (χ0) is 18.5. The van der Waals surface area contributed by atoms with Gasteiger partial charge in [0.2, 0.25) is 0 Å². The van der Waals surface area contributed by atoms with E-state index in [4.69, 9.17) is 5.11 Å². The Bertz CT molecular complexity index is 824. The van der Waals surface area contributed by atoms with Crippen molar-refractivity contribution in [3.8, 4) is 0 Å². The van der Waals surface area contributed by atoms with Gasteiger partial charge >= 0.3 is 11.9 Å². The maximum atomic E-state index is 11.8. The molecule has 1 aliphatic carbocycles. The van der Waals surface area contributed by atoms with Crippen LogP contribution in [0.5, 0.6) is 0 Å². The van der Waals surface area contributed by atoms with Gasteiger partial charge in [0.05, 0.1) is 5.92 Å². The van der Waals surface area contributed by atoms with Crippen molar-refractivity contribution in [2.24, 2.45) is 17.8 Å². The third-order valence-corrected chi connectivity index (χ3v) is 4.90. The Morgan fingerprint density at radius 1 is 0.808 bits per heavy atom. The largest absolute Gasteiger partial charge is 0.481 e. The SMILES string of the molecule is O=C(O)C=CC1C(C(=O)O)C(C=Cc2ccccc2)C1c1ccccc1. The van der Waals surface area contributed by atoms with E-state index >= 15 is 0 Å². The van der Waals surface area contributed by atoms with Gasteiger partial charge in [0.1, 0.15) is 0 Å². The van der Waals surface area contributed by atoms with Gasteiger partial charge in [0.25, 0.3) is 0 Å². The highest BCUT2D eigenvalue weighted by atomic mass is 16.4. The number of aliphatic carboxylic acids is 2. The molecule has 0 aliphatic heterocycles. The molecule has 4 nitrogen and oxygen atoms in total. The van der Waals surface area contributed by atoms with Crippen molar-refractivity contribution in [3.05, 3.63) is 90.0 Å². The molecule has 2 aromatic rings. The highest BCUT2D eigenvalue weighted by molar-refractivity contribution is 5.80. The van der Waals surface area contributed by atoms with Crippen LogP contribution in [-0.2, 0) is 9.59 Å². The summed E-state index contributed by atoms with van der Waals surface area (Å²) in [6.07, 6.45) is 6.45. The van der Waals surface area contributed by atoms with Crippen molar-refractivity contribution in [3.63, 3.8) is 0 Å². The zero-order valence-corrected chi connectivity index (χ0v) is 14.1. The average molecular weight is 348 g/mol. The van der Waals surface area contributed by atoms with Crippen LogP contribution in [0.2, 0.25) is 0 Å². The first-order valence-electron chi connectivity index (χ1n) is 8.50. The minimum atomic E-state index is -1.07. The summed E-state index contributed by atoms with van der Waals surface area (Å²) in [6.45, 7) is 0. The number of carbonyl (C=O) groups is 2. The van der Waals surface area contributed by atoms with Crippen LogP contribution >= 0.6 is 0 Å². The molecule has 0 bridgehead atoms. The zero-order valence-electron chi connectivity index (χ0n) is 14.1. The maximum Gasteiger partial charge on any atom is 0.327 e. The Hall–Kier alpha value is -3.14. The van der Waals surface area contributed by atoms with Crippen molar-refractivity contribution in [1.82, 2.24) is 0 Å². The first kappa shape index (κ1) is 17.7. The molecule has 26 heavy (non-hydrogen) atoms. The molecule has 4 unspecified atom stereocenters. The lowest BCUT2D eigenvalue weighted by Crippen LogP contribution is -2.47. The average Bonchev–Trinajstić information content (AvgIpc) is 2.61. The van der Waals surface area contributed by atoms with Gasteiger partial charge in [-0.15, -0.1) is 0 Å². The van der Waals surface area contributed by atoms with Gasteiger partial charge in [-0.2, -0.15) is 0 Å². The molecule has 3 rings (SSSR count). The first-order valence-corrected chi connectivity index (χ1v) is 8.50. The van der Waals surface area contributed by atoms with Gasteiger partial charge in [-0.1, -0.05) is 78.9 Å². The number of carboxylic acids is 2. The normalized spacial score (nSPS) is 25.2. The van der Waals surface area contributed by atoms with Crippen LogP contribution in [0.3, 0.4) is 0 Å². The summed E-state index contributed by atoms with van der Waals surface area (Å²) >= 11 is 0. The molecule has 4 heteroatoms. The number of carboxylic acid groups (broad SMARTS) is 2. The van der Waals surface area contributed by atoms with Crippen molar-refractivity contribution in [2.45, 2.75) is 5.92 Å². The van der Waals surface area contributed by atoms with Crippen LogP contribution < -0.4 is 0 Å². The summed E-state index contributed by atoms with van der Waals surface area (Å²) in [5, 5.41) is 18.6. The second kappa shape index (κ2) is 7.83. The van der Waals surface area contributed by atoms with Crippen molar-refractivity contribution < 1.29 is 19.8 Å². The lowest BCUT2D eigenvalue weighted by atomic mass is 9.54. The van der Waals surface area contributed by atoms with Crippen LogP contribution in [0, 0.1) is 17.8 Å². The minimum absolute atomic E-state index is 0.0622. The molecule has 0 heterocycles. The summed E-state index contributed by atoms with van der Waals surface area (Å²) in [6, 6.07) is 19.4. The monoisotopic (exact) mass is 348 g/mol. The Labute approximate surface area is 152 Å². The molecule has 2 aromatic carbocycles. The Morgan fingerprint density at radius 3 is 1.96 bits per heavy atom. The van der Waals surface area contributed by atoms with Crippen LogP contribution in [0.25, 0.3) is 6.08 Å². The van der Waals surface area contributed by atoms with Gasteiger partial charge in [-0.05, 0) is 28.9 Å². The molecule has 0 spiro atoms. The standard InChI is InChI=1S/C22H20O4/c23-19(24)14-13-18-20(16-9-5-2-6-10-16)17(21(18)22(25)26)12-11-15-7-3-1-4-8-15/h1-14,17-18,20-21H,(H,23,24)(H,25,26). The molecule has 4 atom stereocenters. The van der Waals surface area contributed by atoms with E-state index < -0.39 is 17.9 Å².